The van der Waals surface area contributed by atoms with Gasteiger partial charge in [0.15, 0.2) is 0 Å². The molecule has 3 rings (SSSR count). The molecule has 2 aliphatic heterocycles. The number of nitrogens with zero attached hydrogens (tertiary/aromatic N) is 3. The zero-order valence-corrected chi connectivity index (χ0v) is 13.2. The number of likely N-dealkylation sites (tertiary alicyclic amines) is 2. The van der Waals surface area contributed by atoms with Gasteiger partial charge in [0, 0.05) is 31.4 Å². The lowest BCUT2D eigenvalue weighted by molar-refractivity contribution is 0.0897. The molecule has 0 saturated carbocycles. The van der Waals surface area contributed by atoms with Crippen LogP contribution in [0.2, 0.25) is 0 Å². The molecule has 0 aromatic carbocycles. The third-order valence-corrected chi connectivity index (χ3v) is 4.99. The molecule has 2 aliphatic rings. The van der Waals surface area contributed by atoms with E-state index in [2.05, 4.69) is 26.2 Å². The third-order valence-electron chi connectivity index (χ3n) is 4.99. The highest BCUT2D eigenvalue weighted by molar-refractivity contribution is 5.42. The molecule has 116 valence electrons. The Hall–Kier alpha value is -1.13. The monoisotopic (exact) mass is 288 g/mol. The first-order valence-corrected chi connectivity index (χ1v) is 8.45. The van der Waals surface area contributed by atoms with Gasteiger partial charge in [0.1, 0.15) is 5.82 Å². The number of aromatic nitrogens is 1. The molecule has 0 bridgehead atoms. The largest absolute Gasteiger partial charge is 0.373 e. The second-order valence-corrected chi connectivity index (χ2v) is 6.37. The van der Waals surface area contributed by atoms with Crippen LogP contribution in [0, 0.1) is 0 Å². The number of anilines is 1. The molecule has 2 saturated heterocycles. The maximum atomic E-state index is 4.41. The van der Waals surface area contributed by atoms with Gasteiger partial charge in [-0.2, -0.15) is 0 Å². The minimum atomic E-state index is 0.833. The maximum Gasteiger partial charge on any atom is 0.130 e. The predicted octanol–water partition coefficient (Wildman–Crippen LogP) is 2.57. The van der Waals surface area contributed by atoms with Crippen molar-refractivity contribution in [2.24, 2.45) is 0 Å². The minimum Gasteiger partial charge on any atom is -0.373 e. The summed E-state index contributed by atoms with van der Waals surface area (Å²) in [5, 5.41) is 3.20. The second kappa shape index (κ2) is 7.23. The van der Waals surface area contributed by atoms with Gasteiger partial charge in [-0.05, 0) is 57.9 Å². The van der Waals surface area contributed by atoms with Crippen molar-refractivity contribution in [3.8, 4) is 0 Å². The van der Waals surface area contributed by atoms with E-state index in [1.165, 1.54) is 63.8 Å². The van der Waals surface area contributed by atoms with E-state index >= 15 is 0 Å². The van der Waals surface area contributed by atoms with Crippen molar-refractivity contribution in [2.45, 2.75) is 44.7 Å². The van der Waals surface area contributed by atoms with Crippen LogP contribution < -0.4 is 5.32 Å². The van der Waals surface area contributed by atoms with Gasteiger partial charge in [0.25, 0.3) is 0 Å². The van der Waals surface area contributed by atoms with E-state index in [1.807, 2.05) is 19.3 Å². The molecular weight excluding hydrogens is 260 g/mol. The Morgan fingerprint density at radius 2 is 1.90 bits per heavy atom. The summed E-state index contributed by atoms with van der Waals surface area (Å²) in [6.45, 7) is 6.13. The molecule has 4 nitrogen and oxygen atoms in total. The summed E-state index contributed by atoms with van der Waals surface area (Å²) < 4.78 is 0. The molecule has 0 amide bonds. The van der Waals surface area contributed by atoms with Gasteiger partial charge in [0.2, 0.25) is 0 Å². The van der Waals surface area contributed by atoms with Crippen molar-refractivity contribution in [2.75, 3.05) is 38.5 Å². The third kappa shape index (κ3) is 3.74. The zero-order valence-electron chi connectivity index (χ0n) is 13.2. The normalized spacial score (nSPS) is 22.3. The van der Waals surface area contributed by atoms with Crippen LogP contribution in [-0.2, 0) is 6.54 Å². The van der Waals surface area contributed by atoms with Gasteiger partial charge in [-0.3, -0.25) is 4.90 Å². The highest BCUT2D eigenvalue weighted by Crippen LogP contribution is 2.23. The van der Waals surface area contributed by atoms with Crippen LogP contribution in [0.25, 0.3) is 0 Å². The number of rotatable bonds is 4. The smallest absolute Gasteiger partial charge is 0.130 e. The average molecular weight is 288 g/mol. The molecule has 0 spiro atoms. The minimum absolute atomic E-state index is 0.833. The molecule has 0 unspecified atom stereocenters. The van der Waals surface area contributed by atoms with Crippen LogP contribution in [0.5, 0.6) is 0 Å². The average Bonchev–Trinajstić information content (AvgIpc) is 2.57. The quantitative estimate of drug-likeness (QED) is 0.923. The van der Waals surface area contributed by atoms with Crippen LogP contribution in [0.1, 0.15) is 37.7 Å². The first-order valence-electron chi connectivity index (χ1n) is 8.45. The summed E-state index contributed by atoms with van der Waals surface area (Å²) in [5.74, 6) is 1.02. The summed E-state index contributed by atoms with van der Waals surface area (Å²) in [4.78, 5) is 9.73. The fourth-order valence-corrected chi connectivity index (χ4v) is 3.76. The lowest BCUT2D eigenvalue weighted by Gasteiger charge is -2.40. The van der Waals surface area contributed by atoms with Gasteiger partial charge >= 0.3 is 0 Å². The summed E-state index contributed by atoms with van der Waals surface area (Å²) in [7, 11) is 1.95. The molecule has 0 aliphatic carbocycles. The van der Waals surface area contributed by atoms with E-state index in [9.17, 15) is 0 Å². The lowest BCUT2D eigenvalue weighted by atomic mass is 9.99. The van der Waals surface area contributed by atoms with E-state index in [1.54, 1.807) is 0 Å². The summed E-state index contributed by atoms with van der Waals surface area (Å²) in [6.07, 6.45) is 8.76. The van der Waals surface area contributed by atoms with E-state index in [4.69, 9.17) is 0 Å². The topological polar surface area (TPSA) is 31.4 Å². The molecule has 0 radical (unpaired) electrons. The van der Waals surface area contributed by atoms with Gasteiger partial charge in [-0.25, -0.2) is 4.98 Å². The molecule has 1 aromatic heterocycles. The summed E-state index contributed by atoms with van der Waals surface area (Å²) in [5.41, 5.74) is 1.32. The van der Waals surface area contributed by atoms with Gasteiger partial charge in [-0.1, -0.05) is 12.5 Å². The molecule has 21 heavy (non-hydrogen) atoms. The fraction of sp³-hybridized carbons (Fsp3) is 0.706. The lowest BCUT2D eigenvalue weighted by Crippen LogP contribution is -2.46. The van der Waals surface area contributed by atoms with Crippen LogP contribution >= 0.6 is 0 Å². The number of nitrogens with one attached hydrogen (secondary N) is 1. The molecule has 4 heteroatoms. The van der Waals surface area contributed by atoms with E-state index in [0.29, 0.717) is 0 Å². The first kappa shape index (κ1) is 14.8. The predicted molar refractivity (Wildman–Crippen MR) is 87.5 cm³/mol. The van der Waals surface area contributed by atoms with Gasteiger partial charge in [0.05, 0.1) is 0 Å². The number of pyridine rings is 1. The van der Waals surface area contributed by atoms with Crippen molar-refractivity contribution >= 4 is 5.82 Å². The maximum absolute atomic E-state index is 4.41. The molecule has 1 N–H and O–H groups in total. The van der Waals surface area contributed by atoms with Crippen molar-refractivity contribution in [3.63, 3.8) is 0 Å². The molecule has 3 heterocycles. The summed E-state index contributed by atoms with van der Waals surface area (Å²) >= 11 is 0. The number of hydrogen-bond acceptors (Lipinski definition) is 4. The van der Waals surface area contributed by atoms with Crippen LogP contribution in [0.4, 0.5) is 5.82 Å². The van der Waals surface area contributed by atoms with Gasteiger partial charge < -0.3 is 10.2 Å². The highest BCUT2D eigenvalue weighted by atomic mass is 15.2. The van der Waals surface area contributed by atoms with Crippen LogP contribution in [0.15, 0.2) is 18.3 Å². The SMILES string of the molecule is CNc1ncccc1CN1CCC(N2CCCCC2)CC1. The van der Waals surface area contributed by atoms with Crippen molar-refractivity contribution in [1.29, 1.82) is 0 Å². The molecule has 2 fully saturated rings. The Balaban J connectivity index is 1.51. The Kier molecular flexibility index (Phi) is 5.09. The van der Waals surface area contributed by atoms with Crippen molar-refractivity contribution < 1.29 is 0 Å². The molecule has 0 atom stereocenters. The zero-order chi connectivity index (χ0) is 14.5. The first-order chi connectivity index (χ1) is 10.4. The second-order valence-electron chi connectivity index (χ2n) is 6.37. The number of piperidine rings is 2. The van der Waals surface area contributed by atoms with Crippen molar-refractivity contribution in [3.05, 3.63) is 23.9 Å². The highest BCUT2D eigenvalue weighted by Gasteiger charge is 2.25. The van der Waals surface area contributed by atoms with Crippen molar-refractivity contribution in [1.82, 2.24) is 14.8 Å². The Morgan fingerprint density at radius 1 is 1.14 bits per heavy atom. The fourth-order valence-electron chi connectivity index (χ4n) is 3.76. The molecule has 1 aromatic rings. The van der Waals surface area contributed by atoms with E-state index in [-0.39, 0.29) is 0 Å². The van der Waals surface area contributed by atoms with Crippen LogP contribution in [-0.4, -0.2) is 54.1 Å². The van der Waals surface area contributed by atoms with E-state index < -0.39 is 0 Å². The Morgan fingerprint density at radius 3 is 2.62 bits per heavy atom. The number of hydrogen-bond donors (Lipinski definition) is 1. The van der Waals surface area contributed by atoms with Crippen LogP contribution in [0.3, 0.4) is 0 Å². The Bertz CT molecular complexity index is 434. The van der Waals surface area contributed by atoms with Gasteiger partial charge in [-0.15, -0.1) is 0 Å². The Labute approximate surface area is 128 Å². The summed E-state index contributed by atoms with van der Waals surface area (Å²) in [6, 6.07) is 5.06. The van der Waals surface area contributed by atoms with E-state index in [0.717, 1.165) is 18.4 Å². The standard InChI is InChI=1S/C17H28N4/c1-18-17-15(6-5-9-19-17)14-20-12-7-16(8-13-20)21-10-3-2-4-11-21/h5-6,9,16H,2-4,7-8,10-14H2,1H3,(H,18,19). The molecular formula is C17H28N4.